The molecule has 0 rings (SSSR count). The third kappa shape index (κ3) is 2.95. The molecule has 0 bridgehead atoms. The molecule has 0 saturated carbocycles. The zero-order valence-corrected chi connectivity index (χ0v) is 7.42. The van der Waals surface area contributed by atoms with Crippen molar-refractivity contribution in [3.05, 3.63) is 0 Å². The van der Waals surface area contributed by atoms with Gasteiger partial charge in [-0.1, -0.05) is 0 Å². The van der Waals surface area contributed by atoms with Crippen LogP contribution in [0.3, 0.4) is 0 Å². The van der Waals surface area contributed by atoms with Crippen molar-refractivity contribution in [2.75, 3.05) is 21.3 Å². The number of hydrazine groups is 1. The summed E-state index contributed by atoms with van der Waals surface area (Å²) >= 11 is 4.60. The fourth-order valence-electron chi connectivity index (χ4n) is 0.460. The average molecular weight is 181 g/mol. The van der Waals surface area contributed by atoms with Gasteiger partial charge >= 0.3 is 0 Å². The van der Waals surface area contributed by atoms with E-state index in [2.05, 4.69) is 21.9 Å². The van der Waals surface area contributed by atoms with Crippen LogP contribution in [0.15, 0.2) is 0 Å². The van der Waals surface area contributed by atoms with E-state index in [-0.39, 0.29) is 5.11 Å². The van der Waals surface area contributed by atoms with E-state index in [0.29, 0.717) is 0 Å². The van der Waals surface area contributed by atoms with E-state index in [9.17, 15) is 0 Å². The Morgan fingerprint density at radius 2 is 1.64 bits per heavy atom. The van der Waals surface area contributed by atoms with Gasteiger partial charge in [-0.2, -0.15) is 0 Å². The van der Waals surface area contributed by atoms with Gasteiger partial charge in [0.1, 0.15) is 0 Å². The molecule has 0 aromatic heterocycles. The molecule has 0 aromatic rings. The molecule has 0 fully saturated rings. The topological polar surface area (TPSA) is 60.2 Å². The summed E-state index contributed by atoms with van der Waals surface area (Å²) in [5.74, 6) is 0. The van der Waals surface area contributed by atoms with E-state index in [1.165, 1.54) is 21.3 Å². The van der Waals surface area contributed by atoms with Crippen LogP contribution in [-0.4, -0.2) is 36.9 Å². The normalized spacial score (nSPS) is 10.2. The van der Waals surface area contributed by atoms with Crippen molar-refractivity contribution in [3.8, 4) is 0 Å². The van der Waals surface area contributed by atoms with Gasteiger partial charge in [-0.3, -0.25) is 14.5 Å². The molecule has 0 aliphatic rings. The Kier molecular flexibility index (Phi) is 4.99. The Bertz CT molecular complexity index is 130. The number of rotatable bonds is 4. The van der Waals surface area contributed by atoms with Crippen molar-refractivity contribution in [1.29, 1.82) is 0 Å². The van der Waals surface area contributed by atoms with Gasteiger partial charge in [0.05, 0.1) is 26.7 Å². The zero-order chi connectivity index (χ0) is 8.85. The number of hydrogen-bond donors (Lipinski definition) is 1. The van der Waals surface area contributed by atoms with Crippen molar-refractivity contribution in [3.63, 3.8) is 0 Å². The molecule has 0 aliphatic heterocycles. The highest BCUT2D eigenvalue weighted by Gasteiger charge is 2.15. The Labute approximate surface area is 70.2 Å². The van der Waals surface area contributed by atoms with Crippen LogP contribution in [0.5, 0.6) is 0 Å². The summed E-state index contributed by atoms with van der Waals surface area (Å²) in [7, 11) is 4.14. The van der Waals surface area contributed by atoms with E-state index in [1.807, 2.05) is 0 Å². The molecule has 0 spiro atoms. The Balaban J connectivity index is 4.09. The van der Waals surface area contributed by atoms with Crippen LogP contribution in [-0.2, 0) is 14.5 Å². The predicted octanol–water partition coefficient (Wildman–Crippen LogP) is -0.567. The van der Waals surface area contributed by atoms with E-state index in [1.54, 1.807) is 0 Å². The number of hydrogen-bond acceptors (Lipinski definition) is 5. The van der Waals surface area contributed by atoms with Gasteiger partial charge in [0.15, 0.2) is 0 Å². The monoisotopic (exact) mass is 181 g/mol. The maximum Gasteiger partial charge on any atom is 0.212 e. The summed E-state index contributed by atoms with van der Waals surface area (Å²) in [6.45, 7) is 0. The molecule has 0 atom stereocenters. The van der Waals surface area contributed by atoms with E-state index in [0.717, 1.165) is 10.5 Å². The minimum atomic E-state index is -0.0174. The van der Waals surface area contributed by atoms with E-state index < -0.39 is 0 Å². The highest BCUT2D eigenvalue weighted by Crippen LogP contribution is 1.97. The van der Waals surface area contributed by atoms with Crippen molar-refractivity contribution in [1.82, 2.24) is 10.5 Å². The lowest BCUT2D eigenvalue weighted by Crippen LogP contribution is -2.47. The molecule has 0 heterocycles. The second kappa shape index (κ2) is 5.22. The van der Waals surface area contributed by atoms with Crippen LogP contribution >= 0.6 is 12.2 Å². The fourth-order valence-corrected chi connectivity index (χ4v) is 0.601. The summed E-state index contributed by atoms with van der Waals surface area (Å²) in [6, 6.07) is 0. The highest BCUT2D eigenvalue weighted by atomic mass is 32.1. The molecule has 6 nitrogen and oxygen atoms in total. The molecule has 0 aliphatic carbocycles. The number of hydroxylamine groups is 1. The molecule has 0 radical (unpaired) electrons. The number of nitrogens with two attached hydrogens (primary N) is 1. The van der Waals surface area contributed by atoms with Crippen molar-refractivity contribution in [2.24, 2.45) is 5.73 Å². The first-order valence-electron chi connectivity index (χ1n) is 2.69. The standard InChI is InChI=1S/C4H11N3O3S/c1-8-6(4(5)11)7(9-2)10-3/h1-3H3,(H2,5,11). The SMILES string of the molecule is CON(OC)N(OC)C(N)=S. The van der Waals surface area contributed by atoms with Crippen LogP contribution < -0.4 is 5.73 Å². The van der Waals surface area contributed by atoms with Gasteiger partial charge in [-0.25, -0.2) is 0 Å². The van der Waals surface area contributed by atoms with Gasteiger partial charge in [0, 0.05) is 0 Å². The zero-order valence-electron chi connectivity index (χ0n) is 6.60. The molecule has 2 N–H and O–H groups in total. The maximum absolute atomic E-state index is 5.23. The lowest BCUT2D eigenvalue weighted by atomic mass is 11.2. The van der Waals surface area contributed by atoms with Gasteiger partial charge < -0.3 is 5.73 Å². The molecule has 7 heteroatoms. The number of nitrogens with zero attached hydrogens (tertiary/aromatic N) is 2. The third-order valence-electron chi connectivity index (χ3n) is 0.822. The van der Waals surface area contributed by atoms with E-state index in [4.69, 9.17) is 10.6 Å². The van der Waals surface area contributed by atoms with Gasteiger partial charge in [-0.15, -0.1) is 5.17 Å². The largest absolute Gasteiger partial charge is 0.373 e. The van der Waals surface area contributed by atoms with Gasteiger partial charge in [-0.05, 0) is 12.2 Å². The van der Waals surface area contributed by atoms with Crippen LogP contribution in [0.4, 0.5) is 0 Å². The first kappa shape index (κ1) is 10.5. The Hall–Kier alpha value is -0.470. The number of thiocarbonyl (C=S) groups is 1. The Morgan fingerprint density at radius 3 is 1.73 bits per heavy atom. The van der Waals surface area contributed by atoms with Gasteiger partial charge in [0.25, 0.3) is 0 Å². The smallest absolute Gasteiger partial charge is 0.212 e. The summed E-state index contributed by atoms with van der Waals surface area (Å²) in [6.07, 6.45) is 0. The fraction of sp³-hybridized carbons (Fsp3) is 0.750. The van der Waals surface area contributed by atoms with Crippen LogP contribution in [0.25, 0.3) is 0 Å². The Morgan fingerprint density at radius 1 is 1.18 bits per heavy atom. The van der Waals surface area contributed by atoms with Gasteiger partial charge in [0.2, 0.25) is 5.11 Å². The predicted molar refractivity (Wildman–Crippen MR) is 41.5 cm³/mol. The molecule has 0 amide bonds. The molecular formula is C4H11N3O3S. The first-order chi connectivity index (χ1) is 5.17. The lowest BCUT2D eigenvalue weighted by molar-refractivity contribution is -0.487. The molecule has 11 heavy (non-hydrogen) atoms. The third-order valence-corrected chi connectivity index (χ3v) is 0.978. The molecule has 0 aromatic carbocycles. The maximum atomic E-state index is 5.23. The minimum Gasteiger partial charge on any atom is -0.373 e. The first-order valence-corrected chi connectivity index (χ1v) is 3.10. The average Bonchev–Trinajstić information content (AvgIpc) is 1.99. The minimum absolute atomic E-state index is 0.0174. The second-order valence-corrected chi connectivity index (χ2v) is 1.82. The van der Waals surface area contributed by atoms with Crippen molar-refractivity contribution in [2.45, 2.75) is 0 Å². The quantitative estimate of drug-likeness (QED) is 0.460. The lowest BCUT2D eigenvalue weighted by Gasteiger charge is -2.26. The van der Waals surface area contributed by atoms with Crippen molar-refractivity contribution < 1.29 is 14.5 Å². The molecule has 66 valence electrons. The van der Waals surface area contributed by atoms with Crippen LogP contribution in [0.2, 0.25) is 0 Å². The molecule has 0 unspecified atom stereocenters. The summed E-state index contributed by atoms with van der Waals surface area (Å²) in [5, 5.41) is 1.84. The van der Waals surface area contributed by atoms with Crippen molar-refractivity contribution >= 4 is 17.3 Å². The van der Waals surface area contributed by atoms with Crippen LogP contribution in [0.1, 0.15) is 0 Å². The summed E-state index contributed by atoms with van der Waals surface area (Å²) in [4.78, 5) is 14.0. The highest BCUT2D eigenvalue weighted by molar-refractivity contribution is 7.80. The molecular weight excluding hydrogens is 170 g/mol. The molecule has 0 saturated heterocycles. The second-order valence-electron chi connectivity index (χ2n) is 1.40. The van der Waals surface area contributed by atoms with Crippen LogP contribution in [0, 0.1) is 0 Å². The summed E-state index contributed by atoms with van der Waals surface area (Å²) in [5.41, 5.74) is 5.23. The van der Waals surface area contributed by atoms with E-state index >= 15 is 0 Å². The summed E-state index contributed by atoms with van der Waals surface area (Å²) < 4.78 is 0.